The summed E-state index contributed by atoms with van der Waals surface area (Å²) in [6.07, 6.45) is 0.0781. The van der Waals surface area contributed by atoms with Crippen LogP contribution in [0.25, 0.3) is 0 Å². The third-order valence-electron chi connectivity index (χ3n) is 5.44. The van der Waals surface area contributed by atoms with Crippen molar-refractivity contribution >= 4 is 16.1 Å². The average Bonchev–Trinajstić information content (AvgIpc) is 2.88. The molecule has 0 unspecified atom stereocenters. The Labute approximate surface area is 163 Å². The van der Waals surface area contributed by atoms with Crippen molar-refractivity contribution in [1.82, 2.24) is 23.8 Å². The van der Waals surface area contributed by atoms with Crippen molar-refractivity contribution in [2.24, 2.45) is 5.92 Å². The molecule has 28 heavy (non-hydrogen) atoms. The number of amides is 1. The Morgan fingerprint density at radius 3 is 2.57 bits per heavy atom. The third-order valence-corrected chi connectivity index (χ3v) is 7.41. The Balaban J connectivity index is 1.52. The fourth-order valence-corrected chi connectivity index (χ4v) is 5.59. The van der Waals surface area contributed by atoms with Crippen molar-refractivity contribution in [2.45, 2.75) is 19.4 Å². The SMILES string of the molecule is Cc1nonc1CC(=O)N1C[C@H]2COC[C@@H]1CN(S(=O)(=O)N1CCOCC1)C2. The van der Waals surface area contributed by atoms with E-state index in [1.165, 1.54) is 8.61 Å². The molecule has 11 nitrogen and oxygen atoms in total. The van der Waals surface area contributed by atoms with E-state index in [2.05, 4.69) is 14.9 Å². The Kier molecular flexibility index (Phi) is 5.65. The van der Waals surface area contributed by atoms with Gasteiger partial charge in [0.1, 0.15) is 11.4 Å². The molecule has 2 atom stereocenters. The molecule has 2 bridgehead atoms. The van der Waals surface area contributed by atoms with Crippen molar-refractivity contribution in [3.05, 3.63) is 11.4 Å². The minimum Gasteiger partial charge on any atom is -0.379 e. The zero-order chi connectivity index (χ0) is 19.7. The lowest BCUT2D eigenvalue weighted by atomic mass is 10.1. The number of aromatic nitrogens is 2. The highest BCUT2D eigenvalue weighted by Crippen LogP contribution is 2.24. The summed E-state index contributed by atoms with van der Waals surface area (Å²) in [7, 11) is -3.60. The maximum Gasteiger partial charge on any atom is 0.282 e. The highest BCUT2D eigenvalue weighted by Gasteiger charge is 2.41. The monoisotopic (exact) mass is 415 g/mol. The summed E-state index contributed by atoms with van der Waals surface area (Å²) in [5, 5.41) is 7.50. The van der Waals surface area contributed by atoms with E-state index in [4.69, 9.17) is 9.47 Å². The van der Waals surface area contributed by atoms with Gasteiger partial charge >= 0.3 is 0 Å². The van der Waals surface area contributed by atoms with E-state index >= 15 is 0 Å². The molecule has 12 heteroatoms. The molecule has 0 spiro atoms. The molecule has 3 saturated heterocycles. The minimum absolute atomic E-state index is 0.0781. The molecule has 4 heterocycles. The largest absolute Gasteiger partial charge is 0.379 e. The summed E-state index contributed by atoms with van der Waals surface area (Å²) < 4.78 is 44.9. The fraction of sp³-hybridized carbons (Fsp3) is 0.812. The molecule has 4 rings (SSSR count). The Hall–Kier alpha value is -1.60. The van der Waals surface area contributed by atoms with Crippen LogP contribution in [-0.4, -0.2) is 103 Å². The van der Waals surface area contributed by atoms with Crippen molar-refractivity contribution in [2.75, 3.05) is 59.2 Å². The van der Waals surface area contributed by atoms with E-state index in [1.807, 2.05) is 0 Å². The molecule has 0 aromatic carbocycles. The zero-order valence-electron chi connectivity index (χ0n) is 15.8. The molecule has 3 aliphatic rings. The lowest BCUT2D eigenvalue weighted by molar-refractivity contribution is -0.133. The van der Waals surface area contributed by atoms with Crippen molar-refractivity contribution < 1.29 is 27.3 Å². The van der Waals surface area contributed by atoms with Crippen LogP contribution in [0.15, 0.2) is 4.63 Å². The number of aryl methyl sites for hydroxylation is 1. The van der Waals surface area contributed by atoms with Crippen LogP contribution in [0.5, 0.6) is 0 Å². The van der Waals surface area contributed by atoms with Crippen molar-refractivity contribution in [3.8, 4) is 0 Å². The van der Waals surface area contributed by atoms with Gasteiger partial charge in [-0.15, -0.1) is 0 Å². The molecule has 0 N–H and O–H groups in total. The van der Waals surface area contributed by atoms with Crippen molar-refractivity contribution in [1.29, 1.82) is 0 Å². The molecule has 0 saturated carbocycles. The van der Waals surface area contributed by atoms with Crippen LogP contribution in [-0.2, 0) is 30.9 Å². The molecule has 3 fully saturated rings. The smallest absolute Gasteiger partial charge is 0.282 e. The second-order valence-electron chi connectivity index (χ2n) is 7.41. The number of nitrogens with zero attached hydrogens (tertiary/aromatic N) is 5. The Bertz CT molecular complexity index is 808. The first-order chi connectivity index (χ1) is 13.4. The second kappa shape index (κ2) is 8.03. The van der Waals surface area contributed by atoms with Gasteiger partial charge in [0.25, 0.3) is 10.2 Å². The van der Waals surface area contributed by atoms with Gasteiger partial charge in [0.05, 0.1) is 38.9 Å². The van der Waals surface area contributed by atoms with Crippen LogP contribution < -0.4 is 0 Å². The van der Waals surface area contributed by atoms with E-state index in [-0.39, 0.29) is 30.8 Å². The van der Waals surface area contributed by atoms with Gasteiger partial charge in [-0.1, -0.05) is 10.3 Å². The zero-order valence-corrected chi connectivity index (χ0v) is 16.6. The molecule has 0 radical (unpaired) electrons. The maximum atomic E-state index is 13.1. The van der Waals surface area contributed by atoms with Gasteiger partial charge < -0.3 is 14.4 Å². The summed E-state index contributed by atoms with van der Waals surface area (Å²) in [5.41, 5.74) is 1.08. The van der Waals surface area contributed by atoms with E-state index in [0.29, 0.717) is 64.0 Å². The number of hydrogen-bond acceptors (Lipinski definition) is 8. The van der Waals surface area contributed by atoms with Crippen LogP contribution >= 0.6 is 0 Å². The highest BCUT2D eigenvalue weighted by atomic mass is 32.2. The number of ether oxygens (including phenoxy) is 2. The summed E-state index contributed by atoms with van der Waals surface area (Å²) >= 11 is 0. The van der Waals surface area contributed by atoms with Gasteiger partial charge in [-0.3, -0.25) is 4.79 Å². The first-order valence-electron chi connectivity index (χ1n) is 9.43. The molecule has 156 valence electrons. The number of fused-ring (bicyclic) bond motifs is 3. The molecule has 1 aromatic heterocycles. The van der Waals surface area contributed by atoms with Gasteiger partial charge in [-0.25, -0.2) is 4.63 Å². The lowest BCUT2D eigenvalue weighted by Gasteiger charge is -2.35. The third kappa shape index (κ3) is 3.92. The van der Waals surface area contributed by atoms with Gasteiger partial charge in [0.15, 0.2) is 0 Å². The predicted molar refractivity (Wildman–Crippen MR) is 95.4 cm³/mol. The molecule has 0 aliphatic carbocycles. The number of morpholine rings is 1. The molecule has 3 aliphatic heterocycles. The van der Waals surface area contributed by atoms with Crippen molar-refractivity contribution in [3.63, 3.8) is 0 Å². The van der Waals surface area contributed by atoms with Crippen LogP contribution in [0.1, 0.15) is 11.4 Å². The number of rotatable bonds is 4. The fourth-order valence-electron chi connectivity index (χ4n) is 3.89. The number of hydrogen-bond donors (Lipinski definition) is 0. The van der Waals surface area contributed by atoms with Gasteiger partial charge in [-0.05, 0) is 6.92 Å². The first-order valence-corrected chi connectivity index (χ1v) is 10.8. The second-order valence-corrected chi connectivity index (χ2v) is 9.34. The minimum atomic E-state index is -3.60. The summed E-state index contributed by atoms with van der Waals surface area (Å²) in [4.78, 5) is 14.7. The molecular formula is C16H25N5O6S. The highest BCUT2D eigenvalue weighted by molar-refractivity contribution is 7.86. The number of carbonyl (C=O) groups is 1. The average molecular weight is 415 g/mol. The van der Waals surface area contributed by atoms with Crippen LogP contribution in [0.3, 0.4) is 0 Å². The summed E-state index contributed by atoms with van der Waals surface area (Å²) in [5.74, 6) is -0.200. The summed E-state index contributed by atoms with van der Waals surface area (Å²) in [6.45, 7) is 5.01. The molecule has 1 aromatic rings. The van der Waals surface area contributed by atoms with Gasteiger partial charge in [0.2, 0.25) is 5.91 Å². The normalized spacial score (nSPS) is 27.5. The lowest BCUT2D eigenvalue weighted by Crippen LogP contribution is -2.53. The topological polar surface area (TPSA) is 118 Å². The van der Waals surface area contributed by atoms with E-state index in [0.717, 1.165) is 0 Å². The van der Waals surface area contributed by atoms with E-state index in [1.54, 1.807) is 11.8 Å². The standard InChI is InChI=1S/C16H25N5O6S/c1-12-15(18-27-17-12)6-16(22)21-8-13-7-20(9-14(21)11-26-10-13)28(23,24)19-2-4-25-5-3-19/h13-14H,2-11H2,1H3/t13-,14-/m0/s1. The van der Waals surface area contributed by atoms with Gasteiger partial charge in [-0.2, -0.15) is 17.0 Å². The predicted octanol–water partition coefficient (Wildman–Crippen LogP) is -1.34. The first kappa shape index (κ1) is 19.7. The Morgan fingerprint density at radius 2 is 1.86 bits per heavy atom. The van der Waals surface area contributed by atoms with Crippen LogP contribution in [0, 0.1) is 12.8 Å². The molecular weight excluding hydrogens is 390 g/mol. The quantitative estimate of drug-likeness (QED) is 0.593. The van der Waals surface area contributed by atoms with E-state index < -0.39 is 10.2 Å². The summed E-state index contributed by atoms with van der Waals surface area (Å²) in [6, 6.07) is -0.337. The van der Waals surface area contributed by atoms with Crippen LogP contribution in [0.2, 0.25) is 0 Å². The Morgan fingerprint density at radius 1 is 1.07 bits per heavy atom. The van der Waals surface area contributed by atoms with Gasteiger partial charge in [0, 0.05) is 38.6 Å². The number of carbonyl (C=O) groups excluding carboxylic acids is 1. The molecule has 1 amide bonds. The maximum absolute atomic E-state index is 13.1. The van der Waals surface area contributed by atoms with Crippen LogP contribution in [0.4, 0.5) is 0 Å². The van der Waals surface area contributed by atoms with E-state index in [9.17, 15) is 13.2 Å².